The second kappa shape index (κ2) is 5.26. The predicted molar refractivity (Wildman–Crippen MR) is 50.5 cm³/mol. The molecule has 0 spiro atoms. The van der Waals surface area contributed by atoms with Crippen molar-refractivity contribution in [2.45, 2.75) is 44.2 Å². The molecule has 1 saturated carbocycles. The van der Waals surface area contributed by atoms with Crippen molar-refractivity contribution < 1.29 is 15.1 Å². The van der Waals surface area contributed by atoms with Gasteiger partial charge in [-0.3, -0.25) is 10.1 Å². The van der Waals surface area contributed by atoms with E-state index in [1.165, 1.54) is 0 Å². The zero-order valence-corrected chi connectivity index (χ0v) is 8.13. The van der Waals surface area contributed by atoms with Gasteiger partial charge in [-0.2, -0.15) is 0 Å². The third kappa shape index (κ3) is 2.65. The molecule has 5 heteroatoms. The van der Waals surface area contributed by atoms with Crippen molar-refractivity contribution in [2.24, 2.45) is 5.92 Å². The average molecular weight is 203 g/mol. The van der Waals surface area contributed by atoms with Gasteiger partial charge in [0.1, 0.15) is 12.7 Å². The van der Waals surface area contributed by atoms with Crippen LogP contribution in [0.1, 0.15) is 32.1 Å². The number of nitro groups is 1. The van der Waals surface area contributed by atoms with Gasteiger partial charge in [0, 0.05) is 4.92 Å². The summed E-state index contributed by atoms with van der Waals surface area (Å²) in [5.41, 5.74) is 0. The van der Waals surface area contributed by atoms with Gasteiger partial charge in [-0.1, -0.05) is 19.3 Å². The number of hydrogen-bond donors (Lipinski definition) is 2. The van der Waals surface area contributed by atoms with E-state index in [4.69, 9.17) is 5.11 Å². The molecule has 0 aromatic heterocycles. The van der Waals surface area contributed by atoms with Crippen molar-refractivity contribution in [1.29, 1.82) is 0 Å². The van der Waals surface area contributed by atoms with Crippen LogP contribution >= 0.6 is 0 Å². The second-order valence-corrected chi connectivity index (χ2v) is 3.92. The monoisotopic (exact) mass is 203 g/mol. The molecule has 5 nitrogen and oxygen atoms in total. The molecule has 2 unspecified atom stereocenters. The molecule has 0 aliphatic heterocycles. The summed E-state index contributed by atoms with van der Waals surface area (Å²) in [5.74, 6) is -0.00806. The zero-order valence-electron chi connectivity index (χ0n) is 8.13. The summed E-state index contributed by atoms with van der Waals surface area (Å²) >= 11 is 0. The van der Waals surface area contributed by atoms with E-state index in [-0.39, 0.29) is 5.92 Å². The Hall–Kier alpha value is -0.680. The minimum absolute atomic E-state index is 0.00806. The number of hydrogen-bond acceptors (Lipinski definition) is 4. The highest BCUT2D eigenvalue weighted by molar-refractivity contribution is 4.78. The second-order valence-electron chi connectivity index (χ2n) is 3.92. The molecular formula is C9H17NO4. The van der Waals surface area contributed by atoms with Gasteiger partial charge in [-0.25, -0.2) is 0 Å². The molecule has 14 heavy (non-hydrogen) atoms. The lowest BCUT2D eigenvalue weighted by Crippen LogP contribution is -2.42. The smallest absolute Gasteiger partial charge is 0.261 e. The fraction of sp³-hybridized carbons (Fsp3) is 1.00. The summed E-state index contributed by atoms with van der Waals surface area (Å²) in [6, 6.07) is -1.21. The van der Waals surface area contributed by atoms with Gasteiger partial charge in [0.25, 0.3) is 6.04 Å². The van der Waals surface area contributed by atoms with Crippen molar-refractivity contribution in [2.75, 3.05) is 6.61 Å². The first-order valence-corrected chi connectivity index (χ1v) is 5.09. The molecule has 0 bridgehead atoms. The third-order valence-corrected chi connectivity index (χ3v) is 2.98. The van der Waals surface area contributed by atoms with Gasteiger partial charge >= 0.3 is 0 Å². The lowest BCUT2D eigenvalue weighted by molar-refractivity contribution is -0.539. The van der Waals surface area contributed by atoms with Gasteiger partial charge in [0.2, 0.25) is 0 Å². The maximum Gasteiger partial charge on any atom is 0.261 e. The van der Waals surface area contributed by atoms with Crippen molar-refractivity contribution in [3.63, 3.8) is 0 Å². The predicted octanol–water partition coefficient (Wildman–Crippen LogP) is 0.565. The molecule has 0 radical (unpaired) electrons. The van der Waals surface area contributed by atoms with Crippen LogP contribution in [-0.4, -0.2) is 33.9 Å². The fourth-order valence-corrected chi connectivity index (χ4v) is 2.09. The number of aliphatic hydroxyl groups excluding tert-OH is 2. The first-order valence-electron chi connectivity index (χ1n) is 5.09. The van der Waals surface area contributed by atoms with Gasteiger partial charge in [0.05, 0.1) is 0 Å². The molecule has 1 fully saturated rings. The fourth-order valence-electron chi connectivity index (χ4n) is 2.09. The largest absolute Gasteiger partial charge is 0.389 e. The zero-order chi connectivity index (χ0) is 10.6. The van der Waals surface area contributed by atoms with E-state index in [1.54, 1.807) is 0 Å². The first kappa shape index (κ1) is 11.4. The highest BCUT2D eigenvalue weighted by atomic mass is 16.6. The maximum absolute atomic E-state index is 10.5. The summed E-state index contributed by atoms with van der Waals surface area (Å²) in [5, 5.41) is 29.0. The summed E-state index contributed by atoms with van der Waals surface area (Å²) in [6.07, 6.45) is 3.88. The Bertz CT molecular complexity index is 191. The minimum atomic E-state index is -1.21. The van der Waals surface area contributed by atoms with Crippen LogP contribution in [0.25, 0.3) is 0 Å². The lowest BCUT2D eigenvalue weighted by atomic mass is 9.83. The molecular weight excluding hydrogens is 186 g/mol. The van der Waals surface area contributed by atoms with Crippen molar-refractivity contribution in [1.82, 2.24) is 0 Å². The van der Waals surface area contributed by atoms with Gasteiger partial charge < -0.3 is 10.2 Å². The highest BCUT2D eigenvalue weighted by Crippen LogP contribution is 2.28. The molecule has 0 aromatic carbocycles. The lowest BCUT2D eigenvalue weighted by Gasteiger charge is -2.27. The van der Waals surface area contributed by atoms with E-state index in [2.05, 4.69) is 0 Å². The van der Waals surface area contributed by atoms with Crippen LogP contribution in [0.3, 0.4) is 0 Å². The molecule has 0 heterocycles. The highest BCUT2D eigenvalue weighted by Gasteiger charge is 2.35. The van der Waals surface area contributed by atoms with Gasteiger partial charge in [-0.15, -0.1) is 0 Å². The van der Waals surface area contributed by atoms with E-state index < -0.39 is 23.7 Å². The molecule has 82 valence electrons. The maximum atomic E-state index is 10.5. The number of aliphatic hydroxyl groups is 2. The van der Waals surface area contributed by atoms with E-state index in [9.17, 15) is 15.2 Å². The third-order valence-electron chi connectivity index (χ3n) is 2.98. The van der Waals surface area contributed by atoms with Crippen LogP contribution in [0.5, 0.6) is 0 Å². The van der Waals surface area contributed by atoms with Crippen LogP contribution in [0.15, 0.2) is 0 Å². The molecule has 0 amide bonds. The molecule has 1 rings (SSSR count). The number of nitrogens with zero attached hydrogens (tertiary/aromatic N) is 1. The van der Waals surface area contributed by atoms with Crippen LogP contribution in [0.2, 0.25) is 0 Å². The summed E-state index contributed by atoms with van der Waals surface area (Å²) in [7, 11) is 0. The van der Waals surface area contributed by atoms with E-state index in [0.717, 1.165) is 32.1 Å². The Balaban J connectivity index is 2.51. The van der Waals surface area contributed by atoms with Gasteiger partial charge in [-0.05, 0) is 18.8 Å². The normalized spacial score (nSPS) is 23.0. The van der Waals surface area contributed by atoms with Gasteiger partial charge in [0.15, 0.2) is 0 Å². The molecule has 1 aliphatic rings. The molecule has 2 N–H and O–H groups in total. The first-order chi connectivity index (χ1) is 6.66. The van der Waals surface area contributed by atoms with Crippen LogP contribution < -0.4 is 0 Å². The molecule has 1 aliphatic carbocycles. The minimum Gasteiger partial charge on any atom is -0.389 e. The standard InChI is InChI=1S/C9H17NO4/c11-6-8(10(13)14)9(12)7-4-2-1-3-5-7/h7-9,11-12H,1-6H2. The summed E-state index contributed by atoms with van der Waals surface area (Å²) < 4.78 is 0. The van der Waals surface area contributed by atoms with Crippen LogP contribution in [0, 0.1) is 16.0 Å². The van der Waals surface area contributed by atoms with Crippen molar-refractivity contribution in [3.05, 3.63) is 10.1 Å². The number of rotatable bonds is 4. The molecule has 0 saturated heterocycles. The van der Waals surface area contributed by atoms with Crippen molar-refractivity contribution >= 4 is 0 Å². The Kier molecular flexibility index (Phi) is 4.28. The summed E-state index contributed by atoms with van der Waals surface area (Å²) in [4.78, 5) is 9.92. The van der Waals surface area contributed by atoms with E-state index in [1.807, 2.05) is 0 Å². The van der Waals surface area contributed by atoms with E-state index in [0.29, 0.717) is 0 Å². The SMILES string of the molecule is O=[N+]([O-])C(CO)C(O)C1CCCCC1. The average Bonchev–Trinajstić information content (AvgIpc) is 2.19. The Morgan fingerprint density at radius 3 is 2.36 bits per heavy atom. The Morgan fingerprint density at radius 2 is 1.93 bits per heavy atom. The molecule has 0 aromatic rings. The van der Waals surface area contributed by atoms with Crippen LogP contribution in [-0.2, 0) is 0 Å². The summed E-state index contributed by atoms with van der Waals surface area (Å²) in [6.45, 7) is -0.579. The van der Waals surface area contributed by atoms with Crippen molar-refractivity contribution in [3.8, 4) is 0 Å². The quantitative estimate of drug-likeness (QED) is 0.516. The molecule has 2 atom stereocenters. The van der Waals surface area contributed by atoms with E-state index >= 15 is 0 Å². The van der Waals surface area contributed by atoms with Crippen LogP contribution in [0.4, 0.5) is 0 Å². The Morgan fingerprint density at radius 1 is 1.36 bits per heavy atom. The Labute approximate surface area is 82.9 Å². The topological polar surface area (TPSA) is 83.6 Å².